The van der Waals surface area contributed by atoms with Crippen molar-refractivity contribution in [1.29, 1.82) is 0 Å². The van der Waals surface area contributed by atoms with Crippen LogP contribution in [0.4, 0.5) is 5.82 Å². The molecular formula is C22H28N6O. The predicted molar refractivity (Wildman–Crippen MR) is 114 cm³/mol. The van der Waals surface area contributed by atoms with Gasteiger partial charge in [0.15, 0.2) is 11.5 Å². The number of anilines is 1. The molecule has 7 heteroatoms. The van der Waals surface area contributed by atoms with Gasteiger partial charge in [0.2, 0.25) is 5.91 Å². The molecule has 152 valence electrons. The molecule has 1 saturated heterocycles. The molecule has 0 saturated carbocycles. The summed E-state index contributed by atoms with van der Waals surface area (Å²) in [6.45, 7) is 6.76. The Bertz CT molecular complexity index is 960. The summed E-state index contributed by atoms with van der Waals surface area (Å²) in [5, 5.41) is 16.4. The van der Waals surface area contributed by atoms with Crippen molar-refractivity contribution in [1.82, 2.24) is 25.1 Å². The second kappa shape index (κ2) is 8.59. The van der Waals surface area contributed by atoms with E-state index in [-0.39, 0.29) is 11.8 Å². The first-order valence-electron chi connectivity index (χ1n) is 10.4. The number of hydrogen-bond acceptors (Lipinski definition) is 5. The van der Waals surface area contributed by atoms with Crippen molar-refractivity contribution in [3.63, 3.8) is 0 Å². The van der Waals surface area contributed by atoms with Gasteiger partial charge in [0.1, 0.15) is 5.82 Å². The van der Waals surface area contributed by atoms with Gasteiger partial charge in [0, 0.05) is 31.1 Å². The van der Waals surface area contributed by atoms with Crippen LogP contribution in [0.25, 0.3) is 17.0 Å². The number of carbonyl (C=O) groups is 1. The normalized spacial score (nSPS) is 15.2. The number of aromatic nitrogens is 4. The minimum Gasteiger partial charge on any atom is -0.356 e. The molecule has 29 heavy (non-hydrogen) atoms. The summed E-state index contributed by atoms with van der Waals surface area (Å²) in [7, 11) is 0. The topological polar surface area (TPSA) is 75.4 Å². The molecule has 4 rings (SSSR count). The van der Waals surface area contributed by atoms with E-state index < -0.39 is 0 Å². The lowest BCUT2D eigenvalue weighted by atomic mass is 9.96. The first-order chi connectivity index (χ1) is 14.1. The quantitative estimate of drug-likeness (QED) is 0.697. The minimum absolute atomic E-state index is 0.0944. The van der Waals surface area contributed by atoms with Crippen LogP contribution in [0.5, 0.6) is 0 Å². The Kier molecular flexibility index (Phi) is 5.74. The smallest absolute Gasteiger partial charge is 0.223 e. The van der Waals surface area contributed by atoms with Crippen molar-refractivity contribution in [3.05, 3.63) is 42.5 Å². The summed E-state index contributed by atoms with van der Waals surface area (Å²) >= 11 is 0. The number of amides is 1. The van der Waals surface area contributed by atoms with Gasteiger partial charge in [-0.05, 0) is 37.3 Å². The van der Waals surface area contributed by atoms with Crippen LogP contribution in [0, 0.1) is 11.8 Å². The predicted octanol–water partition coefficient (Wildman–Crippen LogP) is 3.17. The van der Waals surface area contributed by atoms with Crippen molar-refractivity contribution >= 4 is 17.4 Å². The number of rotatable bonds is 6. The third-order valence-electron chi connectivity index (χ3n) is 5.49. The van der Waals surface area contributed by atoms with Crippen molar-refractivity contribution in [2.24, 2.45) is 11.8 Å². The number of nitrogens with zero attached hydrogens (tertiary/aromatic N) is 5. The molecule has 1 amide bonds. The molecule has 0 radical (unpaired) electrons. The van der Waals surface area contributed by atoms with Crippen molar-refractivity contribution < 1.29 is 4.79 Å². The van der Waals surface area contributed by atoms with Gasteiger partial charge in [-0.3, -0.25) is 4.79 Å². The third kappa shape index (κ3) is 4.39. The number of fused-ring (bicyclic) bond motifs is 1. The Labute approximate surface area is 171 Å². The molecule has 0 atom stereocenters. The number of piperidine rings is 1. The van der Waals surface area contributed by atoms with Gasteiger partial charge in [0.05, 0.1) is 0 Å². The Morgan fingerprint density at radius 1 is 1.10 bits per heavy atom. The third-order valence-corrected chi connectivity index (χ3v) is 5.49. The van der Waals surface area contributed by atoms with Crippen LogP contribution in [0.1, 0.15) is 33.1 Å². The van der Waals surface area contributed by atoms with E-state index in [0.29, 0.717) is 5.92 Å². The molecule has 0 bridgehead atoms. The maximum absolute atomic E-state index is 12.4. The molecule has 0 aliphatic carbocycles. The van der Waals surface area contributed by atoms with Gasteiger partial charge in [-0.25, -0.2) is 0 Å². The van der Waals surface area contributed by atoms with E-state index in [4.69, 9.17) is 5.10 Å². The second-order valence-electron chi connectivity index (χ2n) is 8.09. The highest BCUT2D eigenvalue weighted by atomic mass is 16.1. The zero-order valence-corrected chi connectivity index (χ0v) is 17.1. The molecule has 0 spiro atoms. The largest absolute Gasteiger partial charge is 0.356 e. The summed E-state index contributed by atoms with van der Waals surface area (Å²) in [4.78, 5) is 14.6. The standard InChI is InChI=1S/C22H28N6O/c1-16(2)10-13-23-22(29)18-11-14-27(15-12-18)20-9-8-19-24-25-21(28(19)26-20)17-6-4-3-5-7-17/h3-9,16,18H,10-15H2,1-2H3,(H,23,29). The van der Waals surface area contributed by atoms with Crippen LogP contribution in [0.15, 0.2) is 42.5 Å². The van der Waals surface area contributed by atoms with Crippen LogP contribution in [0.3, 0.4) is 0 Å². The molecule has 0 unspecified atom stereocenters. The molecule has 2 aromatic heterocycles. The van der Waals surface area contributed by atoms with Crippen molar-refractivity contribution in [2.75, 3.05) is 24.5 Å². The Morgan fingerprint density at radius 3 is 2.59 bits per heavy atom. The zero-order valence-electron chi connectivity index (χ0n) is 17.1. The van der Waals surface area contributed by atoms with E-state index in [9.17, 15) is 4.79 Å². The van der Waals surface area contributed by atoms with E-state index in [1.807, 2.05) is 42.5 Å². The molecule has 3 heterocycles. The average Bonchev–Trinajstić information content (AvgIpc) is 3.17. The molecule has 3 aromatic rings. The fraction of sp³-hybridized carbons (Fsp3) is 0.455. The molecule has 7 nitrogen and oxygen atoms in total. The summed E-state index contributed by atoms with van der Waals surface area (Å²) in [6.07, 6.45) is 2.72. The van der Waals surface area contributed by atoms with Crippen LogP contribution >= 0.6 is 0 Å². The van der Waals surface area contributed by atoms with Gasteiger partial charge in [-0.15, -0.1) is 15.3 Å². The lowest BCUT2D eigenvalue weighted by molar-refractivity contribution is -0.125. The molecule has 1 aromatic carbocycles. The van der Waals surface area contributed by atoms with E-state index in [0.717, 1.165) is 61.7 Å². The van der Waals surface area contributed by atoms with Crippen LogP contribution in [-0.2, 0) is 4.79 Å². The van der Waals surface area contributed by atoms with Crippen molar-refractivity contribution in [3.8, 4) is 11.4 Å². The fourth-order valence-electron chi connectivity index (χ4n) is 3.71. The SMILES string of the molecule is CC(C)CCNC(=O)C1CCN(c2ccc3nnc(-c4ccccc4)n3n2)CC1. The minimum atomic E-state index is 0.0944. The summed E-state index contributed by atoms with van der Waals surface area (Å²) in [5.74, 6) is 2.53. The Balaban J connectivity index is 1.43. The highest BCUT2D eigenvalue weighted by Crippen LogP contribution is 2.24. The van der Waals surface area contributed by atoms with Gasteiger partial charge in [0.25, 0.3) is 0 Å². The van der Waals surface area contributed by atoms with Crippen LogP contribution in [0.2, 0.25) is 0 Å². The average molecular weight is 393 g/mol. The number of nitrogens with one attached hydrogen (secondary N) is 1. The molecule has 1 aliphatic rings. The van der Waals surface area contributed by atoms with Crippen LogP contribution < -0.4 is 10.2 Å². The Hall–Kier alpha value is -2.96. The Morgan fingerprint density at radius 2 is 1.86 bits per heavy atom. The van der Waals surface area contributed by atoms with Gasteiger partial charge in [-0.2, -0.15) is 4.52 Å². The number of benzene rings is 1. The van der Waals surface area contributed by atoms with Crippen LogP contribution in [-0.4, -0.2) is 45.4 Å². The highest BCUT2D eigenvalue weighted by Gasteiger charge is 2.26. The molecular weight excluding hydrogens is 364 g/mol. The fourth-order valence-corrected chi connectivity index (χ4v) is 3.71. The molecule has 1 fully saturated rings. The van der Waals surface area contributed by atoms with Gasteiger partial charge < -0.3 is 10.2 Å². The number of carbonyl (C=O) groups excluding carboxylic acids is 1. The summed E-state index contributed by atoms with van der Waals surface area (Å²) in [5.41, 5.74) is 1.72. The van der Waals surface area contributed by atoms with Gasteiger partial charge >= 0.3 is 0 Å². The first kappa shape index (κ1) is 19.4. The molecule has 1 aliphatic heterocycles. The zero-order chi connectivity index (χ0) is 20.2. The van der Waals surface area contributed by atoms with E-state index in [1.54, 1.807) is 4.52 Å². The summed E-state index contributed by atoms with van der Waals surface area (Å²) in [6, 6.07) is 13.9. The highest BCUT2D eigenvalue weighted by molar-refractivity contribution is 5.79. The lowest BCUT2D eigenvalue weighted by Crippen LogP contribution is -2.41. The second-order valence-corrected chi connectivity index (χ2v) is 8.09. The number of hydrogen-bond donors (Lipinski definition) is 1. The monoisotopic (exact) mass is 392 g/mol. The first-order valence-corrected chi connectivity index (χ1v) is 10.4. The van der Waals surface area contributed by atoms with Gasteiger partial charge in [-0.1, -0.05) is 44.2 Å². The maximum atomic E-state index is 12.4. The van der Waals surface area contributed by atoms with E-state index in [1.165, 1.54) is 0 Å². The lowest BCUT2D eigenvalue weighted by Gasteiger charge is -2.32. The van der Waals surface area contributed by atoms with E-state index in [2.05, 4.69) is 34.3 Å². The molecule has 1 N–H and O–H groups in total. The maximum Gasteiger partial charge on any atom is 0.223 e. The van der Waals surface area contributed by atoms with E-state index >= 15 is 0 Å². The summed E-state index contributed by atoms with van der Waals surface area (Å²) < 4.78 is 1.80. The van der Waals surface area contributed by atoms with Crippen molar-refractivity contribution in [2.45, 2.75) is 33.1 Å².